The van der Waals surface area contributed by atoms with E-state index in [1.54, 1.807) is 37.4 Å². The van der Waals surface area contributed by atoms with Gasteiger partial charge >= 0.3 is 0 Å². The van der Waals surface area contributed by atoms with Gasteiger partial charge in [-0.2, -0.15) is 0 Å². The maximum Gasteiger partial charge on any atom is 0.257 e. The number of nitrogens with one attached hydrogen (secondary N) is 1. The Balaban J connectivity index is 1.69. The number of hydrogen-bond donors (Lipinski definition) is 1. The van der Waals surface area contributed by atoms with E-state index >= 15 is 0 Å². The lowest BCUT2D eigenvalue weighted by Gasteiger charge is -2.35. The van der Waals surface area contributed by atoms with E-state index in [1.165, 1.54) is 6.20 Å². The molecule has 3 rings (SSSR count). The molecular weight excluding hydrogens is 375 g/mol. The van der Waals surface area contributed by atoms with Gasteiger partial charge in [-0.15, -0.1) is 0 Å². The average molecular weight is 393 g/mol. The normalized spacial score (nSPS) is 14.3. The van der Waals surface area contributed by atoms with Crippen LogP contribution in [0.4, 0.5) is 11.4 Å². The van der Waals surface area contributed by atoms with E-state index in [4.69, 9.17) is 23.2 Å². The van der Waals surface area contributed by atoms with Gasteiger partial charge in [-0.25, -0.2) is 0 Å². The minimum Gasteiger partial charge on any atom is -0.367 e. The van der Waals surface area contributed by atoms with Gasteiger partial charge in [0.25, 0.3) is 5.91 Å². The second kappa shape index (κ2) is 7.93. The molecule has 2 heterocycles. The molecule has 1 aromatic carbocycles. The lowest BCUT2D eigenvalue weighted by Crippen LogP contribution is -2.48. The van der Waals surface area contributed by atoms with Crippen LogP contribution in [0, 0.1) is 0 Å². The smallest absolute Gasteiger partial charge is 0.257 e. The third kappa shape index (κ3) is 4.26. The Bertz CT molecular complexity index is 836. The Hall–Kier alpha value is -2.31. The molecule has 26 heavy (non-hydrogen) atoms. The van der Waals surface area contributed by atoms with Crippen LogP contribution in [-0.2, 0) is 4.79 Å². The van der Waals surface area contributed by atoms with E-state index in [1.807, 2.05) is 4.90 Å². The first-order valence-corrected chi connectivity index (χ1v) is 8.91. The van der Waals surface area contributed by atoms with Crippen molar-refractivity contribution in [3.05, 3.63) is 52.3 Å². The van der Waals surface area contributed by atoms with Crippen LogP contribution in [-0.4, -0.2) is 47.9 Å². The number of halogens is 2. The molecule has 6 nitrogen and oxygen atoms in total. The molecule has 1 aromatic heterocycles. The molecule has 1 aliphatic heterocycles. The van der Waals surface area contributed by atoms with Crippen molar-refractivity contribution in [1.82, 2.24) is 9.88 Å². The zero-order valence-electron chi connectivity index (χ0n) is 14.2. The number of hydrogen-bond acceptors (Lipinski definition) is 4. The second-order valence-electron chi connectivity index (χ2n) is 6.01. The van der Waals surface area contributed by atoms with Crippen molar-refractivity contribution >= 4 is 46.4 Å². The summed E-state index contributed by atoms with van der Waals surface area (Å²) in [7, 11) is 0. The fourth-order valence-corrected chi connectivity index (χ4v) is 3.08. The minimum absolute atomic E-state index is 0.0810. The summed E-state index contributed by atoms with van der Waals surface area (Å²) in [6.45, 7) is 4.31. The van der Waals surface area contributed by atoms with Gasteiger partial charge in [-0.1, -0.05) is 23.2 Å². The largest absolute Gasteiger partial charge is 0.367 e. The van der Waals surface area contributed by atoms with Crippen LogP contribution in [0.25, 0.3) is 0 Å². The van der Waals surface area contributed by atoms with E-state index in [0.29, 0.717) is 47.5 Å². The summed E-state index contributed by atoms with van der Waals surface area (Å²) in [5.74, 6) is -0.197. The summed E-state index contributed by atoms with van der Waals surface area (Å²) in [5, 5.41) is 3.59. The van der Waals surface area contributed by atoms with Gasteiger partial charge in [-0.05, 0) is 24.3 Å². The molecule has 2 amide bonds. The first-order chi connectivity index (χ1) is 12.4. The molecule has 1 fully saturated rings. The number of benzene rings is 1. The molecular formula is C18H18Cl2N4O2. The molecule has 1 aliphatic rings. The lowest BCUT2D eigenvalue weighted by atomic mass is 10.2. The predicted molar refractivity (Wildman–Crippen MR) is 103 cm³/mol. The maximum atomic E-state index is 12.5. The number of pyridine rings is 1. The van der Waals surface area contributed by atoms with E-state index in [0.717, 1.165) is 5.69 Å². The highest BCUT2D eigenvalue weighted by Crippen LogP contribution is 2.25. The summed E-state index contributed by atoms with van der Waals surface area (Å²) < 4.78 is 0. The molecule has 0 saturated carbocycles. The van der Waals surface area contributed by atoms with Crippen molar-refractivity contribution < 1.29 is 9.59 Å². The van der Waals surface area contributed by atoms with Crippen LogP contribution in [0.1, 0.15) is 17.3 Å². The Labute approximate surface area is 161 Å². The molecule has 0 unspecified atom stereocenters. The molecule has 0 radical (unpaired) electrons. The lowest BCUT2D eigenvalue weighted by molar-refractivity contribution is -0.129. The molecule has 0 atom stereocenters. The number of aromatic nitrogens is 1. The van der Waals surface area contributed by atoms with E-state index < -0.39 is 0 Å². The molecule has 0 aliphatic carbocycles. The number of rotatable bonds is 3. The third-order valence-corrected chi connectivity index (χ3v) is 4.99. The zero-order chi connectivity index (χ0) is 18.7. The number of nitrogens with zero attached hydrogens (tertiary/aromatic N) is 3. The van der Waals surface area contributed by atoms with Crippen molar-refractivity contribution in [3.63, 3.8) is 0 Å². The fraction of sp³-hybridized carbons (Fsp3) is 0.278. The first-order valence-electron chi connectivity index (χ1n) is 8.16. The monoisotopic (exact) mass is 392 g/mol. The van der Waals surface area contributed by atoms with Crippen molar-refractivity contribution in [2.75, 3.05) is 36.4 Å². The van der Waals surface area contributed by atoms with Crippen LogP contribution < -0.4 is 10.2 Å². The SMILES string of the molecule is CC(=O)N1CCN(c2cncc(C(=O)Nc3ccc(Cl)c(Cl)c3)c2)CC1. The molecule has 136 valence electrons. The third-order valence-electron chi connectivity index (χ3n) is 4.25. The van der Waals surface area contributed by atoms with E-state index in [2.05, 4.69) is 15.2 Å². The Morgan fingerprint density at radius 1 is 1.04 bits per heavy atom. The van der Waals surface area contributed by atoms with Crippen molar-refractivity contribution in [3.8, 4) is 0 Å². The van der Waals surface area contributed by atoms with Crippen LogP contribution in [0.5, 0.6) is 0 Å². The predicted octanol–water partition coefficient (Wildman–Crippen LogP) is 3.31. The van der Waals surface area contributed by atoms with Crippen LogP contribution in [0.2, 0.25) is 10.0 Å². The Morgan fingerprint density at radius 3 is 2.42 bits per heavy atom. The zero-order valence-corrected chi connectivity index (χ0v) is 15.7. The Morgan fingerprint density at radius 2 is 1.77 bits per heavy atom. The first kappa shape index (κ1) is 18.5. The van der Waals surface area contributed by atoms with Gasteiger partial charge in [0.15, 0.2) is 0 Å². The number of carbonyl (C=O) groups excluding carboxylic acids is 2. The van der Waals surface area contributed by atoms with Gasteiger partial charge < -0.3 is 15.1 Å². The Kier molecular flexibility index (Phi) is 5.64. The van der Waals surface area contributed by atoms with Gasteiger partial charge in [0.2, 0.25) is 5.91 Å². The number of anilines is 2. The van der Waals surface area contributed by atoms with Crippen molar-refractivity contribution in [2.45, 2.75) is 6.92 Å². The standard InChI is InChI=1S/C18H18Cl2N4O2/c1-12(25)23-4-6-24(7-5-23)15-8-13(10-21-11-15)18(26)22-14-2-3-16(19)17(20)9-14/h2-3,8-11H,4-7H2,1H3,(H,22,26). The molecule has 2 aromatic rings. The molecule has 8 heteroatoms. The number of carbonyl (C=O) groups is 2. The number of amides is 2. The second-order valence-corrected chi connectivity index (χ2v) is 6.82. The van der Waals surface area contributed by atoms with Gasteiger partial charge in [0.1, 0.15) is 0 Å². The van der Waals surface area contributed by atoms with Crippen molar-refractivity contribution in [1.29, 1.82) is 0 Å². The summed E-state index contributed by atoms with van der Waals surface area (Å²) in [6.07, 6.45) is 3.24. The average Bonchev–Trinajstić information content (AvgIpc) is 2.65. The quantitative estimate of drug-likeness (QED) is 0.869. The van der Waals surface area contributed by atoms with Crippen LogP contribution >= 0.6 is 23.2 Å². The molecule has 1 N–H and O–H groups in total. The van der Waals surface area contributed by atoms with E-state index in [9.17, 15) is 9.59 Å². The summed E-state index contributed by atoms with van der Waals surface area (Å²) in [4.78, 5) is 32.0. The van der Waals surface area contributed by atoms with Gasteiger partial charge in [-0.3, -0.25) is 14.6 Å². The highest BCUT2D eigenvalue weighted by molar-refractivity contribution is 6.42. The maximum absolute atomic E-state index is 12.5. The summed E-state index contributed by atoms with van der Waals surface area (Å²) >= 11 is 11.9. The van der Waals surface area contributed by atoms with Crippen LogP contribution in [0.15, 0.2) is 36.7 Å². The van der Waals surface area contributed by atoms with Gasteiger partial charge in [0, 0.05) is 45.0 Å². The van der Waals surface area contributed by atoms with E-state index in [-0.39, 0.29) is 11.8 Å². The highest BCUT2D eigenvalue weighted by Gasteiger charge is 2.20. The number of piperazine rings is 1. The molecule has 0 spiro atoms. The highest BCUT2D eigenvalue weighted by atomic mass is 35.5. The summed E-state index contributed by atoms with van der Waals surface area (Å²) in [6, 6.07) is 6.70. The summed E-state index contributed by atoms with van der Waals surface area (Å²) in [5.41, 5.74) is 1.86. The van der Waals surface area contributed by atoms with Gasteiger partial charge in [0.05, 0.1) is 27.5 Å². The molecule has 0 bridgehead atoms. The topological polar surface area (TPSA) is 65.5 Å². The van der Waals surface area contributed by atoms with Crippen LogP contribution in [0.3, 0.4) is 0 Å². The molecule has 1 saturated heterocycles. The minimum atomic E-state index is -0.278. The fourth-order valence-electron chi connectivity index (χ4n) is 2.78. The van der Waals surface area contributed by atoms with Crippen molar-refractivity contribution in [2.24, 2.45) is 0 Å².